The Kier molecular flexibility index (Phi) is 4.86. The third kappa shape index (κ3) is 2.96. The zero-order valence-corrected chi connectivity index (χ0v) is 17.7. The fourth-order valence-electron chi connectivity index (χ4n) is 5.99. The molecule has 0 radical (unpaired) electrons. The number of hydrogen-bond donors (Lipinski definition) is 0. The van der Waals surface area contributed by atoms with Crippen molar-refractivity contribution in [3.63, 3.8) is 0 Å². The van der Waals surface area contributed by atoms with E-state index in [2.05, 4.69) is 30.5 Å². The number of hydrogen-bond acceptors (Lipinski definition) is 3. The first-order chi connectivity index (χ1) is 13.7. The highest BCUT2D eigenvalue weighted by molar-refractivity contribution is 7.98. The SMILES string of the molecule is CSc1nc2c(c(=O)n1CC1CCCCC1)C1(CCCC1)Cc1ccccc1-2. The van der Waals surface area contributed by atoms with Crippen molar-refractivity contribution in [1.29, 1.82) is 0 Å². The topological polar surface area (TPSA) is 34.9 Å². The van der Waals surface area contributed by atoms with Crippen molar-refractivity contribution in [3.05, 3.63) is 45.7 Å². The van der Waals surface area contributed by atoms with Crippen LogP contribution in [0.1, 0.15) is 68.9 Å². The summed E-state index contributed by atoms with van der Waals surface area (Å²) in [5, 5.41) is 0.902. The van der Waals surface area contributed by atoms with E-state index in [0.29, 0.717) is 5.92 Å². The van der Waals surface area contributed by atoms with E-state index >= 15 is 0 Å². The predicted octanol–water partition coefficient (Wildman–Crippen LogP) is 5.58. The van der Waals surface area contributed by atoms with E-state index in [-0.39, 0.29) is 11.0 Å². The molecule has 1 aromatic carbocycles. The smallest absolute Gasteiger partial charge is 0.258 e. The highest BCUT2D eigenvalue weighted by atomic mass is 32.2. The van der Waals surface area contributed by atoms with E-state index in [1.165, 1.54) is 56.1 Å². The highest BCUT2D eigenvalue weighted by Crippen LogP contribution is 2.50. The fourth-order valence-corrected chi connectivity index (χ4v) is 6.55. The van der Waals surface area contributed by atoms with Gasteiger partial charge in [0.05, 0.1) is 11.3 Å². The van der Waals surface area contributed by atoms with E-state index in [4.69, 9.17) is 4.98 Å². The van der Waals surface area contributed by atoms with Crippen LogP contribution in [0.25, 0.3) is 11.3 Å². The zero-order chi connectivity index (χ0) is 19.1. The molecule has 3 aliphatic carbocycles. The van der Waals surface area contributed by atoms with Crippen LogP contribution in [0, 0.1) is 5.92 Å². The quantitative estimate of drug-likeness (QED) is 0.503. The molecule has 1 heterocycles. The maximum absolute atomic E-state index is 13.9. The molecule has 5 rings (SSSR count). The second kappa shape index (κ2) is 7.37. The summed E-state index contributed by atoms with van der Waals surface area (Å²) in [5.74, 6) is 0.632. The van der Waals surface area contributed by atoms with Crippen LogP contribution >= 0.6 is 11.8 Å². The van der Waals surface area contributed by atoms with Crippen molar-refractivity contribution < 1.29 is 0 Å². The van der Waals surface area contributed by atoms with Gasteiger partial charge in [-0.2, -0.15) is 0 Å². The van der Waals surface area contributed by atoms with Crippen molar-refractivity contribution in [1.82, 2.24) is 9.55 Å². The van der Waals surface area contributed by atoms with Crippen LogP contribution < -0.4 is 5.56 Å². The number of nitrogens with zero attached hydrogens (tertiary/aromatic N) is 2. The maximum atomic E-state index is 13.9. The number of thioether (sulfide) groups is 1. The van der Waals surface area contributed by atoms with Gasteiger partial charge < -0.3 is 0 Å². The molecule has 148 valence electrons. The largest absolute Gasteiger partial charge is 0.287 e. The van der Waals surface area contributed by atoms with Crippen LogP contribution in [0.3, 0.4) is 0 Å². The summed E-state index contributed by atoms with van der Waals surface area (Å²) < 4.78 is 2.05. The molecule has 0 amide bonds. The van der Waals surface area contributed by atoms with Crippen LogP contribution in [0.5, 0.6) is 0 Å². The normalized spacial score (nSPS) is 20.9. The fraction of sp³-hybridized carbons (Fsp3) is 0.583. The number of aromatic nitrogens is 2. The maximum Gasteiger partial charge on any atom is 0.258 e. The van der Waals surface area contributed by atoms with Crippen molar-refractivity contribution >= 4 is 11.8 Å². The van der Waals surface area contributed by atoms with E-state index in [0.717, 1.165) is 42.2 Å². The third-order valence-electron chi connectivity index (χ3n) is 7.37. The van der Waals surface area contributed by atoms with Crippen LogP contribution in [0.4, 0.5) is 0 Å². The molecule has 0 aliphatic heterocycles. The number of rotatable bonds is 3. The third-order valence-corrected chi connectivity index (χ3v) is 8.05. The number of benzene rings is 1. The Morgan fingerprint density at radius 3 is 2.61 bits per heavy atom. The molecule has 2 aromatic rings. The molecule has 2 fully saturated rings. The Labute approximate surface area is 172 Å². The Morgan fingerprint density at radius 1 is 1.11 bits per heavy atom. The summed E-state index contributed by atoms with van der Waals surface area (Å²) in [6, 6.07) is 8.62. The second-order valence-corrected chi connectivity index (χ2v) is 9.84. The van der Waals surface area contributed by atoms with Crippen LogP contribution in [0.2, 0.25) is 0 Å². The average molecular weight is 395 g/mol. The van der Waals surface area contributed by atoms with Crippen LogP contribution in [0.15, 0.2) is 34.2 Å². The Morgan fingerprint density at radius 2 is 1.86 bits per heavy atom. The van der Waals surface area contributed by atoms with Gasteiger partial charge in [-0.1, -0.05) is 68.1 Å². The summed E-state index contributed by atoms with van der Waals surface area (Å²) in [6.07, 6.45) is 14.3. The minimum Gasteiger partial charge on any atom is -0.287 e. The number of fused-ring (bicyclic) bond motifs is 4. The molecule has 0 atom stereocenters. The van der Waals surface area contributed by atoms with Gasteiger partial charge in [-0.25, -0.2) is 4.98 Å². The van der Waals surface area contributed by atoms with Crippen molar-refractivity contribution in [2.75, 3.05) is 6.26 Å². The summed E-state index contributed by atoms with van der Waals surface area (Å²) in [6.45, 7) is 0.854. The molecule has 1 aromatic heterocycles. The lowest BCUT2D eigenvalue weighted by Gasteiger charge is -2.36. The lowest BCUT2D eigenvalue weighted by Crippen LogP contribution is -2.41. The molecule has 2 saturated carbocycles. The molecule has 3 aliphatic rings. The van der Waals surface area contributed by atoms with E-state index in [9.17, 15) is 4.79 Å². The first kappa shape index (κ1) is 18.5. The Hall–Kier alpha value is -1.55. The minimum atomic E-state index is 0.0129. The minimum absolute atomic E-state index is 0.0129. The molecule has 1 spiro atoms. The van der Waals surface area contributed by atoms with Gasteiger partial charge in [0, 0.05) is 17.5 Å². The summed E-state index contributed by atoms with van der Waals surface area (Å²) in [5.41, 5.74) is 4.86. The first-order valence-corrected chi connectivity index (χ1v) is 12.2. The molecular weight excluding hydrogens is 364 g/mol. The highest BCUT2D eigenvalue weighted by Gasteiger charge is 2.44. The summed E-state index contributed by atoms with van der Waals surface area (Å²) >= 11 is 1.63. The van der Waals surface area contributed by atoms with Crippen molar-refractivity contribution in [3.8, 4) is 11.3 Å². The van der Waals surface area contributed by atoms with E-state index < -0.39 is 0 Å². The van der Waals surface area contributed by atoms with Gasteiger partial charge >= 0.3 is 0 Å². The van der Waals surface area contributed by atoms with E-state index in [1.54, 1.807) is 11.8 Å². The molecule has 3 nitrogen and oxygen atoms in total. The monoisotopic (exact) mass is 394 g/mol. The van der Waals surface area contributed by atoms with E-state index in [1.807, 2.05) is 4.57 Å². The molecular formula is C24H30N2OS. The van der Waals surface area contributed by atoms with Crippen LogP contribution in [-0.4, -0.2) is 15.8 Å². The van der Waals surface area contributed by atoms with Gasteiger partial charge in [0.15, 0.2) is 5.16 Å². The average Bonchev–Trinajstić information content (AvgIpc) is 3.18. The van der Waals surface area contributed by atoms with Gasteiger partial charge in [-0.15, -0.1) is 0 Å². The summed E-state index contributed by atoms with van der Waals surface area (Å²) in [7, 11) is 0. The lowest BCUT2D eigenvalue weighted by molar-refractivity contribution is 0.302. The lowest BCUT2D eigenvalue weighted by atomic mass is 9.68. The Bertz CT molecular complexity index is 936. The molecule has 0 unspecified atom stereocenters. The van der Waals surface area contributed by atoms with Gasteiger partial charge in [-0.05, 0) is 49.8 Å². The van der Waals surface area contributed by atoms with Gasteiger partial charge in [0.2, 0.25) is 0 Å². The summed E-state index contributed by atoms with van der Waals surface area (Å²) in [4.78, 5) is 19.1. The predicted molar refractivity (Wildman–Crippen MR) is 116 cm³/mol. The molecule has 0 saturated heterocycles. The standard InChI is InChI=1S/C24H30N2OS/c1-28-23-25-21-19-12-6-5-11-18(19)15-24(13-7-8-14-24)20(21)22(27)26(23)16-17-9-3-2-4-10-17/h5-6,11-12,17H,2-4,7-10,13-16H2,1H3. The molecule has 0 N–H and O–H groups in total. The van der Waals surface area contributed by atoms with Crippen LogP contribution in [-0.2, 0) is 18.4 Å². The van der Waals surface area contributed by atoms with Crippen molar-refractivity contribution in [2.45, 2.75) is 81.3 Å². The molecule has 0 bridgehead atoms. The van der Waals surface area contributed by atoms with Crippen molar-refractivity contribution in [2.24, 2.45) is 5.92 Å². The molecule has 28 heavy (non-hydrogen) atoms. The van der Waals surface area contributed by atoms with Gasteiger partial charge in [0.25, 0.3) is 5.56 Å². The first-order valence-electron chi connectivity index (χ1n) is 11.0. The van der Waals surface area contributed by atoms with Gasteiger partial charge in [-0.3, -0.25) is 9.36 Å². The Balaban J connectivity index is 1.69. The second-order valence-electron chi connectivity index (χ2n) is 9.06. The molecule has 4 heteroatoms. The zero-order valence-electron chi connectivity index (χ0n) is 16.9. The van der Waals surface area contributed by atoms with Gasteiger partial charge in [0.1, 0.15) is 0 Å².